The highest BCUT2D eigenvalue weighted by atomic mass is 16.3. The lowest BCUT2D eigenvalue weighted by molar-refractivity contribution is -0.123. The molecule has 38 heavy (non-hydrogen) atoms. The molecule has 0 aliphatic carbocycles. The number of nitrogens with zero attached hydrogens (tertiary/aromatic N) is 3. The van der Waals surface area contributed by atoms with Gasteiger partial charge in [-0.15, -0.1) is 0 Å². The minimum atomic E-state index is -1.02. The Kier molecular flexibility index (Phi) is 7.36. The molecule has 7 heteroatoms. The van der Waals surface area contributed by atoms with E-state index < -0.39 is 11.9 Å². The molecule has 2 aromatic heterocycles. The first-order valence-corrected chi connectivity index (χ1v) is 12.2. The number of amides is 2. The summed E-state index contributed by atoms with van der Waals surface area (Å²) in [5.74, 6) is -0.824. The Labute approximate surface area is 220 Å². The Hall–Kier alpha value is -5.04. The van der Waals surface area contributed by atoms with Crippen molar-refractivity contribution in [1.82, 2.24) is 15.3 Å². The summed E-state index contributed by atoms with van der Waals surface area (Å²) in [5.41, 5.74) is 4.07. The summed E-state index contributed by atoms with van der Waals surface area (Å²) in [4.78, 5) is 37.3. The molecule has 5 rings (SSSR count). The van der Waals surface area contributed by atoms with E-state index in [-0.39, 0.29) is 17.7 Å². The van der Waals surface area contributed by atoms with Gasteiger partial charge in [0.2, 0.25) is 11.7 Å². The van der Waals surface area contributed by atoms with E-state index in [1.54, 1.807) is 24.5 Å². The Morgan fingerprint density at radius 2 is 1.42 bits per heavy atom. The molecule has 188 valence electrons. The number of aromatic nitrogens is 2. The fourth-order valence-electron chi connectivity index (χ4n) is 4.34. The van der Waals surface area contributed by atoms with Crippen molar-refractivity contribution in [3.63, 3.8) is 0 Å². The van der Waals surface area contributed by atoms with Crippen molar-refractivity contribution in [2.45, 2.75) is 19.0 Å². The molecular formula is C31H26N4O3. The van der Waals surface area contributed by atoms with Gasteiger partial charge in [0, 0.05) is 23.6 Å². The average molecular weight is 503 g/mol. The number of pyridine rings is 1. The number of hydrogen-bond donors (Lipinski definition) is 1. The van der Waals surface area contributed by atoms with Crippen molar-refractivity contribution in [2.24, 2.45) is 0 Å². The van der Waals surface area contributed by atoms with Gasteiger partial charge >= 0.3 is 0 Å². The maximum atomic E-state index is 13.9. The monoisotopic (exact) mass is 502 g/mol. The highest BCUT2D eigenvalue weighted by Crippen LogP contribution is 2.32. The van der Waals surface area contributed by atoms with E-state index in [0.717, 1.165) is 16.7 Å². The molecule has 0 fully saturated rings. The summed E-state index contributed by atoms with van der Waals surface area (Å²) >= 11 is 0. The largest absolute Gasteiger partial charge is 0.438 e. The molecule has 2 heterocycles. The zero-order chi connectivity index (χ0) is 26.3. The molecule has 1 N–H and O–H groups in total. The second-order valence-electron chi connectivity index (χ2n) is 8.78. The lowest BCUT2D eigenvalue weighted by atomic mass is 10.0. The second kappa shape index (κ2) is 11.3. The maximum absolute atomic E-state index is 13.9. The molecule has 7 nitrogen and oxygen atoms in total. The summed E-state index contributed by atoms with van der Waals surface area (Å²) in [5, 5.41) is 3.08. The number of nitrogens with one attached hydrogen (secondary N) is 1. The lowest BCUT2D eigenvalue weighted by Crippen LogP contribution is -2.44. The molecule has 0 radical (unpaired) electrons. The van der Waals surface area contributed by atoms with Gasteiger partial charge < -0.3 is 9.73 Å². The highest BCUT2D eigenvalue weighted by molar-refractivity contribution is 6.08. The van der Waals surface area contributed by atoms with Gasteiger partial charge in [-0.3, -0.25) is 19.5 Å². The fourth-order valence-corrected chi connectivity index (χ4v) is 4.34. The summed E-state index contributed by atoms with van der Waals surface area (Å²) in [6, 6.07) is 29.3. The number of hydrogen-bond acceptors (Lipinski definition) is 5. The molecule has 2 amide bonds. The quantitative estimate of drug-likeness (QED) is 0.281. The number of carbonyl (C=O) groups excluding carboxylic acids is 2. The third-order valence-electron chi connectivity index (χ3n) is 6.28. The molecular weight excluding hydrogens is 476 g/mol. The average Bonchev–Trinajstić information content (AvgIpc) is 3.52. The Balaban J connectivity index is 1.56. The number of oxazole rings is 1. The van der Waals surface area contributed by atoms with Gasteiger partial charge in [-0.2, -0.15) is 0 Å². The molecule has 2 atom stereocenters. The zero-order valence-corrected chi connectivity index (χ0v) is 20.8. The first kappa shape index (κ1) is 24.6. The topological polar surface area (TPSA) is 88.3 Å². The van der Waals surface area contributed by atoms with Crippen LogP contribution < -0.4 is 10.2 Å². The predicted molar refractivity (Wildman–Crippen MR) is 145 cm³/mol. The van der Waals surface area contributed by atoms with Crippen LogP contribution in [0.2, 0.25) is 0 Å². The lowest BCUT2D eigenvalue weighted by Gasteiger charge is -2.31. The van der Waals surface area contributed by atoms with Crippen LogP contribution >= 0.6 is 0 Å². The summed E-state index contributed by atoms with van der Waals surface area (Å²) in [6.07, 6.45) is 5.76. The number of anilines is 1. The number of rotatable bonds is 8. The SMILES string of the molecule is C[C@H](NC(=O)C(c1cccnc1)N(C(=O)c1cnco1)c1ccc(-c2ccccc2)cc1)c1ccccc1. The van der Waals surface area contributed by atoms with Crippen LogP contribution in [0.15, 0.2) is 126 Å². The van der Waals surface area contributed by atoms with Crippen LogP contribution in [0.1, 0.15) is 40.7 Å². The summed E-state index contributed by atoms with van der Waals surface area (Å²) < 4.78 is 5.36. The van der Waals surface area contributed by atoms with E-state index in [9.17, 15) is 9.59 Å². The maximum Gasteiger partial charge on any atom is 0.296 e. The predicted octanol–water partition coefficient (Wildman–Crippen LogP) is 6.00. The van der Waals surface area contributed by atoms with Crippen LogP contribution in [0, 0.1) is 0 Å². The van der Waals surface area contributed by atoms with E-state index in [1.165, 1.54) is 17.5 Å². The van der Waals surface area contributed by atoms with Gasteiger partial charge in [-0.05, 0) is 41.8 Å². The third kappa shape index (κ3) is 5.37. The number of benzene rings is 3. The van der Waals surface area contributed by atoms with Crippen molar-refractivity contribution in [2.75, 3.05) is 4.90 Å². The molecule has 0 spiro atoms. The van der Waals surface area contributed by atoms with Crippen molar-refractivity contribution in [3.05, 3.63) is 139 Å². The molecule has 1 unspecified atom stereocenters. The van der Waals surface area contributed by atoms with Gasteiger partial charge in [0.1, 0.15) is 6.04 Å². The van der Waals surface area contributed by atoms with Crippen LogP contribution in [0.25, 0.3) is 11.1 Å². The standard InChI is InChI=1S/C31H26N4O3/c1-22(23-9-4-2-5-10-23)34-30(36)29(26-13-8-18-32-19-26)35(31(37)28-20-33-21-38-28)27-16-14-25(15-17-27)24-11-6-3-7-12-24/h2-22,29H,1H3,(H,34,36)/t22-,29?/m0/s1. The Bertz CT molecular complexity index is 1470. The van der Waals surface area contributed by atoms with Gasteiger partial charge in [-0.1, -0.05) is 78.9 Å². The van der Waals surface area contributed by atoms with Crippen LogP contribution in [0.3, 0.4) is 0 Å². The van der Waals surface area contributed by atoms with E-state index in [2.05, 4.69) is 15.3 Å². The minimum Gasteiger partial charge on any atom is -0.438 e. The van der Waals surface area contributed by atoms with Gasteiger partial charge in [0.15, 0.2) is 6.39 Å². The fraction of sp³-hybridized carbons (Fsp3) is 0.0968. The van der Waals surface area contributed by atoms with E-state index in [4.69, 9.17) is 4.42 Å². The normalized spacial score (nSPS) is 12.3. The smallest absolute Gasteiger partial charge is 0.296 e. The van der Waals surface area contributed by atoms with Gasteiger partial charge in [-0.25, -0.2) is 4.98 Å². The highest BCUT2D eigenvalue weighted by Gasteiger charge is 2.35. The zero-order valence-electron chi connectivity index (χ0n) is 20.8. The molecule has 0 saturated heterocycles. The molecule has 0 aliphatic heterocycles. The molecule has 0 aliphatic rings. The molecule has 0 saturated carbocycles. The first-order chi connectivity index (χ1) is 18.6. The molecule has 3 aromatic carbocycles. The van der Waals surface area contributed by atoms with E-state index in [1.807, 2.05) is 91.9 Å². The molecule has 0 bridgehead atoms. The summed E-state index contributed by atoms with van der Waals surface area (Å²) in [6.45, 7) is 1.91. The van der Waals surface area contributed by atoms with Crippen LogP contribution in [0.4, 0.5) is 5.69 Å². The van der Waals surface area contributed by atoms with Crippen LogP contribution in [-0.2, 0) is 4.79 Å². The minimum absolute atomic E-state index is 0.0231. The van der Waals surface area contributed by atoms with Gasteiger partial charge in [0.25, 0.3) is 5.91 Å². The van der Waals surface area contributed by atoms with Crippen molar-refractivity contribution >= 4 is 17.5 Å². The van der Waals surface area contributed by atoms with Crippen molar-refractivity contribution in [3.8, 4) is 11.1 Å². The Morgan fingerprint density at radius 1 is 0.763 bits per heavy atom. The van der Waals surface area contributed by atoms with Crippen molar-refractivity contribution < 1.29 is 14.0 Å². The van der Waals surface area contributed by atoms with E-state index >= 15 is 0 Å². The second-order valence-corrected chi connectivity index (χ2v) is 8.78. The third-order valence-corrected chi connectivity index (χ3v) is 6.28. The van der Waals surface area contributed by atoms with Crippen LogP contribution in [0.5, 0.6) is 0 Å². The summed E-state index contributed by atoms with van der Waals surface area (Å²) in [7, 11) is 0. The first-order valence-electron chi connectivity index (χ1n) is 12.2. The van der Waals surface area contributed by atoms with Gasteiger partial charge in [0.05, 0.1) is 12.2 Å². The van der Waals surface area contributed by atoms with Crippen molar-refractivity contribution in [1.29, 1.82) is 0 Å². The Morgan fingerprint density at radius 3 is 2.05 bits per heavy atom. The molecule has 5 aromatic rings. The van der Waals surface area contributed by atoms with E-state index in [0.29, 0.717) is 11.3 Å². The number of carbonyl (C=O) groups is 2. The van der Waals surface area contributed by atoms with Crippen LogP contribution in [-0.4, -0.2) is 21.8 Å².